The molecule has 1 saturated heterocycles. The van der Waals surface area contributed by atoms with E-state index in [0.29, 0.717) is 24.5 Å². The molecule has 1 N–H and O–H groups in total. The van der Waals surface area contributed by atoms with E-state index in [1.165, 1.54) is 11.3 Å². The van der Waals surface area contributed by atoms with E-state index in [2.05, 4.69) is 15.5 Å². The molecule has 7 heteroatoms. The Morgan fingerprint density at radius 2 is 2.17 bits per heavy atom. The molecular weight excluding hydrogens is 312 g/mol. The molecule has 1 atom stereocenters. The lowest BCUT2D eigenvalue weighted by molar-refractivity contribution is -0.117. The van der Waals surface area contributed by atoms with Gasteiger partial charge in [0.15, 0.2) is 0 Å². The zero-order chi connectivity index (χ0) is 16.4. The first-order chi connectivity index (χ1) is 11.1. The van der Waals surface area contributed by atoms with E-state index in [9.17, 15) is 9.59 Å². The van der Waals surface area contributed by atoms with Crippen molar-refractivity contribution in [2.24, 2.45) is 0 Å². The van der Waals surface area contributed by atoms with E-state index in [1.54, 1.807) is 6.92 Å². The number of carbonyl (C=O) groups excluding carboxylic acids is 2. The lowest BCUT2D eigenvalue weighted by Crippen LogP contribution is -2.25. The average molecular weight is 330 g/mol. The van der Waals surface area contributed by atoms with Crippen LogP contribution < -0.4 is 10.2 Å². The smallest absolute Gasteiger partial charge is 0.227 e. The molecule has 3 rings (SSSR count). The van der Waals surface area contributed by atoms with Gasteiger partial charge in [-0.1, -0.05) is 36.5 Å². The van der Waals surface area contributed by atoms with Crippen LogP contribution in [0.4, 0.5) is 10.8 Å². The highest BCUT2D eigenvalue weighted by Gasteiger charge is 2.34. The molecule has 1 fully saturated rings. The highest BCUT2D eigenvalue weighted by Crippen LogP contribution is 2.35. The Hall–Kier alpha value is -2.28. The second-order valence-electron chi connectivity index (χ2n) is 5.54. The summed E-state index contributed by atoms with van der Waals surface area (Å²) in [6, 6.07) is 7.86. The minimum atomic E-state index is -0.0864. The Balaban J connectivity index is 1.75. The molecule has 2 aromatic rings. The fourth-order valence-electron chi connectivity index (χ4n) is 2.63. The molecule has 1 aliphatic rings. The van der Waals surface area contributed by atoms with Gasteiger partial charge >= 0.3 is 0 Å². The Kier molecular flexibility index (Phi) is 4.38. The van der Waals surface area contributed by atoms with Gasteiger partial charge in [-0.2, -0.15) is 0 Å². The summed E-state index contributed by atoms with van der Waals surface area (Å²) in [5.41, 5.74) is 2.03. The van der Waals surface area contributed by atoms with Crippen LogP contribution in [0.3, 0.4) is 0 Å². The molecular formula is C16H18N4O2S. The second kappa shape index (κ2) is 6.45. The monoisotopic (exact) mass is 330 g/mol. The number of carbonyl (C=O) groups is 2. The molecule has 0 radical (unpaired) electrons. The van der Waals surface area contributed by atoms with Crippen molar-refractivity contribution in [1.82, 2.24) is 10.2 Å². The van der Waals surface area contributed by atoms with Gasteiger partial charge in [0, 0.05) is 31.0 Å². The van der Waals surface area contributed by atoms with Crippen LogP contribution in [0.2, 0.25) is 0 Å². The number of hydrogen-bond donors (Lipinski definition) is 1. The highest BCUT2D eigenvalue weighted by molar-refractivity contribution is 7.15. The number of nitrogens with one attached hydrogen (secondary N) is 1. The summed E-state index contributed by atoms with van der Waals surface area (Å²) in [6.45, 7) is 4.38. The largest absolute Gasteiger partial charge is 0.311 e. The van der Waals surface area contributed by atoms with Crippen LogP contribution in [0, 0.1) is 6.92 Å². The van der Waals surface area contributed by atoms with Crippen molar-refractivity contribution in [3.63, 3.8) is 0 Å². The van der Waals surface area contributed by atoms with Crippen LogP contribution in [0.5, 0.6) is 0 Å². The summed E-state index contributed by atoms with van der Waals surface area (Å²) in [4.78, 5) is 25.6. The number of rotatable bonds is 4. The summed E-state index contributed by atoms with van der Waals surface area (Å²) < 4.78 is 0. The first kappa shape index (κ1) is 15.6. The molecule has 2 heterocycles. The number of benzene rings is 1. The third-order valence-electron chi connectivity index (χ3n) is 3.89. The van der Waals surface area contributed by atoms with E-state index in [0.717, 1.165) is 16.3 Å². The molecule has 1 aromatic heterocycles. The number of amides is 2. The third kappa shape index (κ3) is 3.24. The average Bonchev–Trinajstić information content (AvgIpc) is 3.14. The van der Waals surface area contributed by atoms with E-state index in [1.807, 2.05) is 36.1 Å². The number of aromatic nitrogens is 2. The van der Waals surface area contributed by atoms with Crippen LogP contribution in [0.15, 0.2) is 24.3 Å². The molecule has 120 valence electrons. The van der Waals surface area contributed by atoms with Gasteiger partial charge in [-0.15, -0.1) is 10.2 Å². The fraction of sp³-hybridized carbons (Fsp3) is 0.375. The van der Waals surface area contributed by atoms with Gasteiger partial charge < -0.3 is 10.2 Å². The molecule has 2 amide bonds. The summed E-state index contributed by atoms with van der Waals surface area (Å²) in [6.07, 6.45) is 0.822. The van der Waals surface area contributed by atoms with Gasteiger partial charge in [0.05, 0.1) is 0 Å². The van der Waals surface area contributed by atoms with Crippen LogP contribution >= 0.6 is 11.3 Å². The number of nitrogens with zero attached hydrogens (tertiary/aromatic N) is 3. The van der Waals surface area contributed by atoms with Crippen LogP contribution in [-0.2, 0) is 9.59 Å². The Bertz CT molecular complexity index is 743. The molecule has 0 bridgehead atoms. The standard InChI is InChI=1S/C16H18N4O2S/c1-3-13(21)17-16-19-18-15(23-16)11-8-14(22)20(9-11)12-7-5-4-6-10(12)2/h4-7,11H,3,8-9H2,1-2H3,(H,17,19,21)/t11-/m1/s1. The molecule has 0 saturated carbocycles. The zero-order valence-corrected chi connectivity index (χ0v) is 13.9. The van der Waals surface area contributed by atoms with Gasteiger partial charge in [0.25, 0.3) is 0 Å². The van der Waals surface area contributed by atoms with Gasteiger partial charge in [-0.25, -0.2) is 0 Å². The Morgan fingerprint density at radius 3 is 2.91 bits per heavy atom. The van der Waals surface area contributed by atoms with Crippen molar-refractivity contribution >= 4 is 34.0 Å². The Morgan fingerprint density at radius 1 is 1.39 bits per heavy atom. The predicted octanol–water partition coefficient (Wildman–Crippen LogP) is 2.72. The van der Waals surface area contributed by atoms with Crippen LogP contribution in [0.25, 0.3) is 0 Å². The minimum absolute atomic E-state index is 0.0203. The quantitative estimate of drug-likeness (QED) is 0.935. The molecule has 6 nitrogen and oxygen atoms in total. The van der Waals surface area contributed by atoms with Gasteiger partial charge in [-0.05, 0) is 18.6 Å². The Labute approximate surface area is 138 Å². The van der Waals surface area contributed by atoms with Gasteiger partial charge in [0.1, 0.15) is 5.01 Å². The third-order valence-corrected chi connectivity index (χ3v) is 4.89. The number of anilines is 2. The summed E-state index contributed by atoms with van der Waals surface area (Å²) in [5, 5.41) is 12.1. The van der Waals surface area contributed by atoms with Crippen molar-refractivity contribution in [3.05, 3.63) is 34.8 Å². The topological polar surface area (TPSA) is 75.2 Å². The van der Waals surface area contributed by atoms with Crippen LogP contribution in [0.1, 0.15) is 36.3 Å². The summed E-state index contributed by atoms with van der Waals surface area (Å²) in [7, 11) is 0. The first-order valence-corrected chi connectivity index (χ1v) is 8.39. The van der Waals surface area contributed by atoms with Gasteiger partial charge in [-0.3, -0.25) is 9.59 Å². The SMILES string of the molecule is CCC(=O)Nc1nnc([C@@H]2CC(=O)N(c3ccccc3C)C2)s1. The normalized spacial score (nSPS) is 17.6. The summed E-state index contributed by atoms with van der Waals surface area (Å²) >= 11 is 1.34. The van der Waals surface area contributed by atoms with E-state index < -0.39 is 0 Å². The summed E-state index contributed by atoms with van der Waals surface area (Å²) in [5.74, 6) is 0.0299. The number of para-hydroxylation sites is 1. The first-order valence-electron chi connectivity index (χ1n) is 7.57. The maximum absolute atomic E-state index is 12.4. The molecule has 1 aromatic carbocycles. The predicted molar refractivity (Wildman–Crippen MR) is 89.7 cm³/mol. The maximum Gasteiger partial charge on any atom is 0.227 e. The molecule has 23 heavy (non-hydrogen) atoms. The van der Waals surface area contributed by atoms with E-state index in [4.69, 9.17) is 0 Å². The fourth-order valence-corrected chi connectivity index (χ4v) is 3.48. The van der Waals surface area contributed by atoms with Crippen LogP contribution in [-0.4, -0.2) is 28.6 Å². The van der Waals surface area contributed by atoms with Crippen molar-refractivity contribution in [2.75, 3.05) is 16.8 Å². The van der Waals surface area contributed by atoms with E-state index in [-0.39, 0.29) is 17.7 Å². The number of hydrogen-bond acceptors (Lipinski definition) is 5. The molecule has 0 aliphatic carbocycles. The van der Waals surface area contributed by atoms with Crippen molar-refractivity contribution in [1.29, 1.82) is 0 Å². The molecule has 0 unspecified atom stereocenters. The molecule has 1 aliphatic heterocycles. The second-order valence-corrected chi connectivity index (χ2v) is 6.55. The lowest BCUT2D eigenvalue weighted by Gasteiger charge is -2.18. The minimum Gasteiger partial charge on any atom is -0.311 e. The highest BCUT2D eigenvalue weighted by atomic mass is 32.1. The van der Waals surface area contributed by atoms with Crippen molar-refractivity contribution < 1.29 is 9.59 Å². The van der Waals surface area contributed by atoms with Gasteiger partial charge in [0.2, 0.25) is 16.9 Å². The van der Waals surface area contributed by atoms with Crippen molar-refractivity contribution in [2.45, 2.75) is 32.6 Å². The zero-order valence-electron chi connectivity index (χ0n) is 13.1. The van der Waals surface area contributed by atoms with E-state index >= 15 is 0 Å². The number of aryl methyl sites for hydroxylation is 1. The maximum atomic E-state index is 12.4. The lowest BCUT2D eigenvalue weighted by atomic mass is 10.1. The van der Waals surface area contributed by atoms with Crippen molar-refractivity contribution in [3.8, 4) is 0 Å². The molecule has 0 spiro atoms.